The predicted molar refractivity (Wildman–Crippen MR) is 406 cm³/mol. The molecule has 0 aliphatic carbocycles. The first-order valence-electron chi connectivity index (χ1n) is 32.0. The summed E-state index contributed by atoms with van der Waals surface area (Å²) >= 11 is 12.5. The van der Waals surface area contributed by atoms with Crippen LogP contribution in [0.25, 0.3) is 0 Å². The monoisotopic (exact) mass is 1600 g/mol. The molecule has 8 N–H and O–H groups in total. The predicted octanol–water partition coefficient (Wildman–Crippen LogP) is 7.80. The third-order valence-electron chi connectivity index (χ3n) is 12.3. The van der Waals surface area contributed by atoms with Gasteiger partial charge in [0.25, 0.3) is 0 Å². The summed E-state index contributed by atoms with van der Waals surface area (Å²) in [5.41, 5.74) is 8.47. The number of methoxy groups -OCH3 is 9. The zero-order chi connectivity index (χ0) is 78.1. The second kappa shape index (κ2) is 65.2. The van der Waals surface area contributed by atoms with Crippen LogP contribution >= 0.6 is 43.5 Å². The minimum atomic E-state index is -0.302. The molecule has 0 saturated carbocycles. The Hall–Kier alpha value is -8.54. The Bertz CT molecular complexity index is 3180. The highest BCUT2D eigenvalue weighted by molar-refractivity contribution is 9.10. The molecule has 1 atom stereocenters. The van der Waals surface area contributed by atoms with E-state index in [1.165, 1.54) is 80.1 Å². The summed E-state index contributed by atoms with van der Waals surface area (Å²) in [4.78, 5) is 87.5. The van der Waals surface area contributed by atoms with E-state index in [1.54, 1.807) is 32.2 Å². The third kappa shape index (κ3) is 57.9. The lowest BCUT2D eigenvalue weighted by Gasteiger charge is -2.06. The number of carbonyl (C=O) groups excluding carboxylic acids is 8. The third-order valence-corrected chi connectivity index (χ3v) is 13.6. The number of aryl methyl sites for hydroxylation is 2. The van der Waals surface area contributed by atoms with Gasteiger partial charge in [-0.15, -0.1) is 6.42 Å². The SMILES string of the molecule is C#CC(C)NC(=O)COC.COCC(=O)NCc1ccc(Br)cc1.COCC(=O)NCc1ccc(C)cc1.COCC(=O)NCc1cccc(Br)c1.COCC(=O)NCc1cccc(Cl)c1.COCC(=O)NCc1cccc(F)c1.COCC(=O)NCc1ccccc1C.COCCNC(=O)COC. The van der Waals surface area contributed by atoms with Crippen molar-refractivity contribution in [3.63, 3.8) is 0 Å². The summed E-state index contributed by atoms with van der Waals surface area (Å²) < 4.78 is 56.7. The molecule has 29 heteroatoms. The second-order valence-electron chi connectivity index (χ2n) is 21.4. The fourth-order valence-electron chi connectivity index (χ4n) is 7.28. The number of terminal acetylenes is 1. The first kappa shape index (κ1) is 97.5. The van der Waals surface area contributed by atoms with E-state index in [4.69, 9.17) is 41.7 Å². The van der Waals surface area contributed by atoms with Crippen LogP contribution in [0.1, 0.15) is 51.4 Å². The van der Waals surface area contributed by atoms with Gasteiger partial charge < -0.3 is 85.2 Å². The molecule has 1 unspecified atom stereocenters. The summed E-state index contributed by atoms with van der Waals surface area (Å²) in [5.74, 6) is 1.04. The van der Waals surface area contributed by atoms with Crippen molar-refractivity contribution in [2.45, 2.75) is 66.1 Å². The number of benzene rings is 6. The lowest BCUT2D eigenvalue weighted by molar-refractivity contribution is -0.125. The van der Waals surface area contributed by atoms with E-state index in [9.17, 15) is 42.7 Å². The van der Waals surface area contributed by atoms with E-state index in [1.807, 2.05) is 129 Å². The van der Waals surface area contributed by atoms with Gasteiger partial charge in [0.05, 0.1) is 12.6 Å². The number of ether oxygens (including phenoxy) is 9. The van der Waals surface area contributed by atoms with Gasteiger partial charge in [-0.2, -0.15) is 0 Å². The molecule has 6 rings (SSSR count). The fraction of sp³-hybridized carbons (Fsp3) is 0.387. The number of carbonyl (C=O) groups is 8. The highest BCUT2D eigenvalue weighted by Crippen LogP contribution is 2.13. The van der Waals surface area contributed by atoms with Gasteiger partial charge in [-0.25, -0.2) is 4.39 Å². The van der Waals surface area contributed by atoms with Gasteiger partial charge in [-0.1, -0.05) is 152 Å². The molecule has 572 valence electrons. The number of hydrogen-bond donors (Lipinski definition) is 8. The van der Waals surface area contributed by atoms with Crippen molar-refractivity contribution in [2.75, 3.05) is 130 Å². The molecule has 0 aliphatic heterocycles. The topological polar surface area (TPSA) is 316 Å². The molecule has 6 aromatic carbocycles. The largest absolute Gasteiger partial charge is 0.383 e. The number of amides is 8. The number of nitrogens with one attached hydrogen (secondary N) is 8. The van der Waals surface area contributed by atoms with Crippen molar-refractivity contribution in [1.82, 2.24) is 42.5 Å². The summed E-state index contributed by atoms with van der Waals surface area (Å²) in [6.07, 6.45) is 5.01. The molecule has 25 nitrogen and oxygen atoms in total. The molecule has 0 radical (unpaired) electrons. The highest BCUT2D eigenvalue weighted by atomic mass is 79.9. The Morgan fingerprint density at radius 3 is 1.14 bits per heavy atom. The molecule has 0 spiro atoms. The molecular formula is C75H102Br2ClFN8O17. The minimum Gasteiger partial charge on any atom is -0.383 e. The average Bonchev–Trinajstić information content (AvgIpc) is 0.991. The van der Waals surface area contributed by atoms with Crippen molar-refractivity contribution < 1.29 is 85.4 Å². The molecule has 6 aromatic rings. The van der Waals surface area contributed by atoms with Crippen molar-refractivity contribution in [1.29, 1.82) is 0 Å². The van der Waals surface area contributed by atoms with Gasteiger partial charge in [0.1, 0.15) is 58.7 Å². The first-order chi connectivity index (χ1) is 49.8. The van der Waals surface area contributed by atoms with Gasteiger partial charge >= 0.3 is 0 Å². The quantitative estimate of drug-likeness (QED) is 0.0147. The van der Waals surface area contributed by atoms with Crippen molar-refractivity contribution in [2.24, 2.45) is 0 Å². The average molecular weight is 1600 g/mol. The Balaban J connectivity index is 0. The van der Waals surface area contributed by atoms with E-state index >= 15 is 0 Å². The number of rotatable bonds is 32. The van der Waals surface area contributed by atoms with Gasteiger partial charge in [-0.05, 0) is 108 Å². The van der Waals surface area contributed by atoms with Crippen LogP contribution in [0, 0.1) is 32.0 Å². The van der Waals surface area contributed by atoms with Gasteiger partial charge in [0.15, 0.2) is 0 Å². The van der Waals surface area contributed by atoms with Crippen molar-refractivity contribution in [3.8, 4) is 12.3 Å². The summed E-state index contributed by atoms with van der Waals surface area (Å²) in [7, 11) is 13.5. The van der Waals surface area contributed by atoms with Crippen LogP contribution in [0.2, 0.25) is 5.02 Å². The summed E-state index contributed by atoms with van der Waals surface area (Å²) in [6, 6.07) is 44.9. The van der Waals surface area contributed by atoms with Crippen LogP contribution in [0.5, 0.6) is 0 Å². The fourth-order valence-corrected chi connectivity index (χ4v) is 8.20. The van der Waals surface area contributed by atoms with Gasteiger partial charge in [-0.3, -0.25) is 38.4 Å². The molecule has 8 amide bonds. The van der Waals surface area contributed by atoms with Crippen LogP contribution in [0.3, 0.4) is 0 Å². The summed E-state index contributed by atoms with van der Waals surface area (Å²) in [6.45, 7) is 10.6. The maximum Gasteiger partial charge on any atom is 0.246 e. The van der Waals surface area contributed by atoms with Crippen LogP contribution in [-0.2, 0) is 120 Å². The maximum absolute atomic E-state index is 12.7. The van der Waals surface area contributed by atoms with E-state index in [0.717, 1.165) is 42.3 Å². The molecule has 0 saturated heterocycles. The number of halogens is 4. The Morgan fingerprint density at radius 2 is 0.760 bits per heavy atom. The normalized spacial score (nSPS) is 9.99. The van der Waals surface area contributed by atoms with E-state index < -0.39 is 0 Å². The Kier molecular flexibility index (Phi) is 61.2. The zero-order valence-electron chi connectivity index (χ0n) is 61.3. The smallest absolute Gasteiger partial charge is 0.246 e. The highest BCUT2D eigenvalue weighted by Gasteiger charge is 2.07. The van der Waals surface area contributed by atoms with Gasteiger partial charge in [0.2, 0.25) is 47.3 Å². The molecule has 0 fully saturated rings. The zero-order valence-corrected chi connectivity index (χ0v) is 65.2. The second-order valence-corrected chi connectivity index (χ2v) is 23.6. The van der Waals surface area contributed by atoms with E-state index in [0.29, 0.717) is 57.4 Å². The molecule has 0 bridgehead atoms. The molecule has 0 aliphatic rings. The minimum absolute atomic E-state index is 0.0231. The van der Waals surface area contributed by atoms with Crippen LogP contribution in [0.15, 0.2) is 155 Å². The van der Waals surface area contributed by atoms with E-state index in [-0.39, 0.29) is 112 Å². The van der Waals surface area contributed by atoms with Crippen LogP contribution < -0.4 is 42.5 Å². The molecule has 0 aromatic heterocycles. The first-order valence-corrected chi connectivity index (χ1v) is 33.9. The summed E-state index contributed by atoms with van der Waals surface area (Å²) in [5, 5.41) is 22.1. The number of hydrogen-bond acceptors (Lipinski definition) is 17. The lowest BCUT2D eigenvalue weighted by Crippen LogP contribution is -2.33. The maximum atomic E-state index is 12.7. The molecular weight excluding hydrogens is 1500 g/mol. The lowest BCUT2D eigenvalue weighted by atomic mass is 10.1. The van der Waals surface area contributed by atoms with Crippen molar-refractivity contribution >= 4 is 90.7 Å². The van der Waals surface area contributed by atoms with Gasteiger partial charge in [0, 0.05) is 124 Å². The Labute approximate surface area is 633 Å². The standard InChI is InChI=1S/2C11H15NO2.2C10H12BrNO2.C10H12ClNO2.C10H12FNO2.C7H11NO2.C6H13NO3/c1-9-3-5-10(6-4-9)7-12-11(13)8-14-2;1-9-5-3-4-6-10(9)7-12-11(13)8-14-2;1-14-7-10(13)12-6-8-2-4-9(11)5-3-8;3*1-14-7-10(13)12-6-8-3-2-4-9(11)5-8;1-4-6(2)8-7(9)5-10-3;1-9-4-3-7-6(8)5-10-2/h2*3-6H,7-8H2,1-2H3,(H,12,13);4*2-5H,6-7H2,1H3,(H,12,13);1,6H,5H2,2-3H3,(H,8,9);3-5H2,1-2H3,(H,7,8). The molecule has 0 heterocycles. The Morgan fingerprint density at radius 1 is 0.404 bits per heavy atom. The molecule has 104 heavy (non-hydrogen) atoms. The van der Waals surface area contributed by atoms with Crippen LogP contribution in [0.4, 0.5) is 4.39 Å². The van der Waals surface area contributed by atoms with Crippen molar-refractivity contribution in [3.05, 3.63) is 210 Å². The van der Waals surface area contributed by atoms with Crippen LogP contribution in [-0.4, -0.2) is 183 Å². The van der Waals surface area contributed by atoms with E-state index in [2.05, 4.69) is 99.3 Å².